The molecule has 2 aliphatic rings. The molecule has 26 heavy (non-hydrogen) atoms. The molecule has 0 bridgehead atoms. The number of fused-ring (bicyclic) bond motifs is 2. The summed E-state index contributed by atoms with van der Waals surface area (Å²) in [5, 5.41) is 1.04. The summed E-state index contributed by atoms with van der Waals surface area (Å²) in [4.78, 5) is 33.6. The average Bonchev–Trinajstić information content (AvgIpc) is 3.34. The van der Waals surface area contributed by atoms with Gasteiger partial charge in [0.25, 0.3) is 5.91 Å². The number of amides is 1. The summed E-state index contributed by atoms with van der Waals surface area (Å²) >= 11 is 0. The van der Waals surface area contributed by atoms with Crippen molar-refractivity contribution in [3.05, 3.63) is 48.7 Å². The van der Waals surface area contributed by atoms with Crippen molar-refractivity contribution in [2.24, 2.45) is 0 Å². The minimum Gasteiger partial charge on any atom is -0.351 e. The second-order valence-electron chi connectivity index (χ2n) is 6.91. The molecule has 3 aromatic rings. The molecule has 0 radical (unpaired) electrons. The fourth-order valence-corrected chi connectivity index (χ4v) is 4.42. The number of likely N-dealkylation sites (tertiary alicyclic amines) is 1. The maximum absolute atomic E-state index is 13.0. The van der Waals surface area contributed by atoms with Crippen LogP contribution < -0.4 is 4.90 Å². The standard InChI is InChI=1S/C19H20N6O/c26-19(14-4-1-2-8-20-14)25-10-3-5-15-16(25)7-11-24(15)18-13-6-9-21-17(13)22-12-23-18/h1-2,4,6,8-9,12,15-16H,3,5,7,10-11H2,(H,21,22,23)/t15-,16-/m1/s1. The second-order valence-corrected chi connectivity index (χ2v) is 6.91. The van der Waals surface area contributed by atoms with Crippen LogP contribution in [0, 0.1) is 0 Å². The SMILES string of the molecule is O=C(c1ccccn1)N1CCC[C@@H]2[C@H]1CCN2c1ncnc2[nH]ccc12. The maximum Gasteiger partial charge on any atom is 0.272 e. The quantitative estimate of drug-likeness (QED) is 0.768. The summed E-state index contributed by atoms with van der Waals surface area (Å²) in [5.41, 5.74) is 1.39. The van der Waals surface area contributed by atoms with Crippen LogP contribution >= 0.6 is 0 Å². The van der Waals surface area contributed by atoms with E-state index in [1.807, 2.05) is 29.3 Å². The first-order valence-corrected chi connectivity index (χ1v) is 9.09. The van der Waals surface area contributed by atoms with Gasteiger partial charge in [0.15, 0.2) is 0 Å². The summed E-state index contributed by atoms with van der Waals surface area (Å²) in [6, 6.07) is 8.03. The third-order valence-electron chi connectivity index (χ3n) is 5.56. The average molecular weight is 348 g/mol. The largest absolute Gasteiger partial charge is 0.351 e. The van der Waals surface area contributed by atoms with Crippen LogP contribution in [0.25, 0.3) is 11.0 Å². The molecule has 5 heterocycles. The van der Waals surface area contributed by atoms with Crippen LogP contribution in [-0.2, 0) is 0 Å². The van der Waals surface area contributed by atoms with Gasteiger partial charge in [0.1, 0.15) is 23.5 Å². The van der Waals surface area contributed by atoms with Gasteiger partial charge in [0, 0.05) is 25.5 Å². The summed E-state index contributed by atoms with van der Waals surface area (Å²) in [6.45, 7) is 1.70. The molecule has 2 aliphatic heterocycles. The van der Waals surface area contributed by atoms with Crippen molar-refractivity contribution in [3.8, 4) is 0 Å². The highest BCUT2D eigenvalue weighted by Crippen LogP contribution is 2.36. The number of aromatic nitrogens is 4. The zero-order chi connectivity index (χ0) is 17.5. The van der Waals surface area contributed by atoms with Gasteiger partial charge in [0.2, 0.25) is 0 Å². The van der Waals surface area contributed by atoms with Crippen LogP contribution in [-0.4, -0.2) is 55.9 Å². The Morgan fingerprint density at radius 1 is 1.08 bits per heavy atom. The Hall–Kier alpha value is -2.96. The van der Waals surface area contributed by atoms with Crippen LogP contribution in [0.15, 0.2) is 43.0 Å². The fraction of sp³-hybridized carbons (Fsp3) is 0.368. The summed E-state index contributed by atoms with van der Waals surface area (Å²) in [7, 11) is 0. The van der Waals surface area contributed by atoms with E-state index >= 15 is 0 Å². The number of pyridine rings is 1. The number of carbonyl (C=O) groups is 1. The van der Waals surface area contributed by atoms with Gasteiger partial charge in [0.05, 0.1) is 17.5 Å². The van der Waals surface area contributed by atoms with Crippen molar-refractivity contribution in [2.45, 2.75) is 31.3 Å². The molecule has 0 aliphatic carbocycles. The van der Waals surface area contributed by atoms with E-state index in [1.54, 1.807) is 18.6 Å². The number of aromatic amines is 1. The molecule has 7 heteroatoms. The molecule has 7 nitrogen and oxygen atoms in total. The Kier molecular flexibility index (Phi) is 3.58. The lowest BCUT2D eigenvalue weighted by Crippen LogP contribution is -2.52. The third-order valence-corrected chi connectivity index (χ3v) is 5.56. The third kappa shape index (κ3) is 2.34. The smallest absolute Gasteiger partial charge is 0.272 e. The van der Waals surface area contributed by atoms with Crippen molar-refractivity contribution < 1.29 is 4.79 Å². The molecular weight excluding hydrogens is 328 g/mol. The second kappa shape index (κ2) is 6.09. The Balaban J connectivity index is 1.46. The Morgan fingerprint density at radius 3 is 2.92 bits per heavy atom. The number of anilines is 1. The molecule has 132 valence electrons. The monoisotopic (exact) mass is 348 g/mol. The van der Waals surface area contributed by atoms with Crippen molar-refractivity contribution in [1.82, 2.24) is 24.8 Å². The van der Waals surface area contributed by atoms with Crippen LogP contribution in [0.5, 0.6) is 0 Å². The zero-order valence-corrected chi connectivity index (χ0v) is 14.4. The number of hydrogen-bond acceptors (Lipinski definition) is 5. The molecule has 0 unspecified atom stereocenters. The van der Waals surface area contributed by atoms with Gasteiger partial charge in [-0.05, 0) is 37.5 Å². The maximum atomic E-state index is 13.0. The Labute approximate surface area is 151 Å². The molecule has 1 N–H and O–H groups in total. The summed E-state index contributed by atoms with van der Waals surface area (Å²) in [6.07, 6.45) is 8.22. The van der Waals surface area contributed by atoms with E-state index in [0.717, 1.165) is 49.2 Å². The van der Waals surface area contributed by atoms with Crippen LogP contribution in [0.3, 0.4) is 0 Å². The highest BCUT2D eigenvalue weighted by atomic mass is 16.2. The molecule has 0 spiro atoms. The van der Waals surface area contributed by atoms with E-state index in [4.69, 9.17) is 0 Å². The van der Waals surface area contributed by atoms with Crippen molar-refractivity contribution in [1.29, 1.82) is 0 Å². The first kappa shape index (κ1) is 15.3. The fourth-order valence-electron chi connectivity index (χ4n) is 4.42. The number of nitrogens with zero attached hydrogens (tertiary/aromatic N) is 5. The van der Waals surface area contributed by atoms with Gasteiger partial charge >= 0.3 is 0 Å². The van der Waals surface area contributed by atoms with E-state index in [9.17, 15) is 4.79 Å². The highest BCUT2D eigenvalue weighted by molar-refractivity contribution is 5.93. The zero-order valence-electron chi connectivity index (χ0n) is 14.4. The lowest BCUT2D eigenvalue weighted by atomic mass is 9.96. The topological polar surface area (TPSA) is 78.0 Å². The van der Waals surface area contributed by atoms with Crippen LogP contribution in [0.1, 0.15) is 29.8 Å². The molecule has 2 saturated heterocycles. The number of piperidine rings is 1. The van der Waals surface area contributed by atoms with Gasteiger partial charge in [-0.3, -0.25) is 9.78 Å². The van der Waals surface area contributed by atoms with Gasteiger partial charge in [-0.2, -0.15) is 0 Å². The first-order valence-electron chi connectivity index (χ1n) is 9.09. The van der Waals surface area contributed by atoms with E-state index < -0.39 is 0 Å². The van der Waals surface area contributed by atoms with Gasteiger partial charge < -0.3 is 14.8 Å². The Bertz CT molecular complexity index is 939. The minimum absolute atomic E-state index is 0.0385. The molecule has 2 atom stereocenters. The van der Waals surface area contributed by atoms with Gasteiger partial charge in [-0.25, -0.2) is 9.97 Å². The normalized spacial score (nSPS) is 22.6. The van der Waals surface area contributed by atoms with Crippen LogP contribution in [0.2, 0.25) is 0 Å². The van der Waals surface area contributed by atoms with E-state index in [0.29, 0.717) is 11.7 Å². The number of rotatable bonds is 2. The van der Waals surface area contributed by atoms with Crippen molar-refractivity contribution in [2.75, 3.05) is 18.0 Å². The first-order chi connectivity index (χ1) is 12.8. The predicted octanol–water partition coefficient (Wildman–Crippen LogP) is 2.24. The summed E-state index contributed by atoms with van der Waals surface area (Å²) in [5.74, 6) is 1.01. The molecule has 0 aromatic carbocycles. The van der Waals surface area contributed by atoms with Crippen molar-refractivity contribution in [3.63, 3.8) is 0 Å². The molecule has 0 saturated carbocycles. The molecule has 5 rings (SSSR count). The van der Waals surface area contributed by atoms with Crippen LogP contribution in [0.4, 0.5) is 5.82 Å². The van der Waals surface area contributed by atoms with Crippen molar-refractivity contribution >= 4 is 22.8 Å². The lowest BCUT2D eigenvalue weighted by Gasteiger charge is -2.40. The predicted molar refractivity (Wildman–Crippen MR) is 97.9 cm³/mol. The van der Waals surface area contributed by atoms with E-state index in [-0.39, 0.29) is 11.9 Å². The molecule has 1 amide bonds. The summed E-state index contributed by atoms with van der Waals surface area (Å²) < 4.78 is 0. The number of nitrogens with one attached hydrogen (secondary N) is 1. The molecule has 2 fully saturated rings. The molecular formula is C19H20N6O. The number of H-pyrrole nitrogens is 1. The highest BCUT2D eigenvalue weighted by Gasteiger charge is 2.43. The van der Waals surface area contributed by atoms with E-state index in [1.165, 1.54) is 0 Å². The lowest BCUT2D eigenvalue weighted by molar-refractivity contribution is 0.0602. The Morgan fingerprint density at radius 2 is 2.04 bits per heavy atom. The minimum atomic E-state index is 0.0385. The van der Waals surface area contributed by atoms with Gasteiger partial charge in [-0.15, -0.1) is 0 Å². The number of carbonyl (C=O) groups excluding carboxylic acids is 1. The van der Waals surface area contributed by atoms with Gasteiger partial charge in [-0.1, -0.05) is 6.07 Å². The van der Waals surface area contributed by atoms with E-state index in [2.05, 4.69) is 24.8 Å². The number of hydrogen-bond donors (Lipinski definition) is 1. The molecule has 3 aromatic heterocycles.